The van der Waals surface area contributed by atoms with Gasteiger partial charge in [-0.3, -0.25) is 4.79 Å². The molecule has 18 heavy (non-hydrogen) atoms. The van der Waals surface area contributed by atoms with Crippen LogP contribution in [0.3, 0.4) is 0 Å². The van der Waals surface area contributed by atoms with Crippen LogP contribution in [0.2, 0.25) is 0 Å². The summed E-state index contributed by atoms with van der Waals surface area (Å²) in [6.07, 6.45) is 0.821. The number of rotatable bonds is 3. The Balaban J connectivity index is 2.47. The summed E-state index contributed by atoms with van der Waals surface area (Å²) in [4.78, 5) is 11.5. The topological polar surface area (TPSA) is 60.9 Å². The van der Waals surface area contributed by atoms with Gasteiger partial charge in [0.05, 0.1) is 11.4 Å². The molecule has 2 rings (SSSR count). The van der Waals surface area contributed by atoms with Gasteiger partial charge in [0.1, 0.15) is 5.82 Å². The van der Waals surface area contributed by atoms with Crippen LogP contribution in [-0.4, -0.2) is 9.78 Å². The first-order chi connectivity index (χ1) is 8.61. The number of halogens is 1. The van der Waals surface area contributed by atoms with E-state index in [-0.39, 0.29) is 11.2 Å². The van der Waals surface area contributed by atoms with Gasteiger partial charge >= 0.3 is 0 Å². The Bertz CT molecular complexity index is 622. The highest BCUT2D eigenvalue weighted by Crippen LogP contribution is 2.20. The van der Waals surface area contributed by atoms with Gasteiger partial charge in [-0.1, -0.05) is 6.92 Å². The smallest absolute Gasteiger partial charge is 0.266 e. The van der Waals surface area contributed by atoms with Gasteiger partial charge in [0, 0.05) is 18.2 Å². The summed E-state index contributed by atoms with van der Waals surface area (Å²) in [7, 11) is 0. The number of nitrogens with two attached hydrogens (primary N) is 1. The van der Waals surface area contributed by atoms with Crippen molar-refractivity contribution in [1.82, 2.24) is 9.78 Å². The van der Waals surface area contributed by atoms with Crippen LogP contribution in [0.15, 0.2) is 35.1 Å². The number of aryl methyl sites for hydroxylation is 1. The van der Waals surface area contributed by atoms with Crippen molar-refractivity contribution in [2.24, 2.45) is 0 Å². The largest absolute Gasteiger partial charge is 0.396 e. The van der Waals surface area contributed by atoms with E-state index in [1.807, 2.05) is 6.92 Å². The zero-order valence-electron chi connectivity index (χ0n) is 10.1. The standard InChI is InChI=1S/C13H14FN3O/c1-2-7-17-13(18)6-5-12(16-17)9-3-4-10(14)11(15)8-9/h3-6,8H,2,7,15H2,1H3. The van der Waals surface area contributed by atoms with Crippen LogP contribution in [-0.2, 0) is 6.54 Å². The van der Waals surface area contributed by atoms with E-state index in [1.54, 1.807) is 12.1 Å². The zero-order valence-corrected chi connectivity index (χ0v) is 10.1. The number of benzene rings is 1. The molecular weight excluding hydrogens is 233 g/mol. The highest BCUT2D eigenvalue weighted by Gasteiger charge is 2.05. The van der Waals surface area contributed by atoms with Gasteiger partial charge < -0.3 is 5.73 Å². The van der Waals surface area contributed by atoms with Crippen molar-refractivity contribution in [1.29, 1.82) is 0 Å². The van der Waals surface area contributed by atoms with E-state index in [0.29, 0.717) is 17.8 Å². The fraction of sp³-hybridized carbons (Fsp3) is 0.231. The second kappa shape index (κ2) is 5.00. The quantitative estimate of drug-likeness (QED) is 0.844. The summed E-state index contributed by atoms with van der Waals surface area (Å²) < 4.78 is 14.5. The summed E-state index contributed by atoms with van der Waals surface area (Å²) in [5.41, 5.74) is 6.74. The fourth-order valence-electron chi connectivity index (χ4n) is 1.68. The normalized spacial score (nSPS) is 10.6. The van der Waals surface area contributed by atoms with Crippen molar-refractivity contribution >= 4 is 5.69 Å². The van der Waals surface area contributed by atoms with Gasteiger partial charge in [-0.2, -0.15) is 5.10 Å². The molecule has 4 nitrogen and oxygen atoms in total. The number of anilines is 1. The maximum absolute atomic E-state index is 13.1. The molecule has 0 unspecified atom stereocenters. The van der Waals surface area contributed by atoms with E-state index in [1.165, 1.54) is 22.9 Å². The number of hydrogen-bond donors (Lipinski definition) is 1. The van der Waals surface area contributed by atoms with Crippen molar-refractivity contribution in [2.45, 2.75) is 19.9 Å². The monoisotopic (exact) mass is 247 g/mol. The molecule has 1 aromatic heterocycles. The van der Waals surface area contributed by atoms with Crippen molar-refractivity contribution in [3.05, 3.63) is 46.5 Å². The van der Waals surface area contributed by atoms with E-state index in [2.05, 4.69) is 5.10 Å². The van der Waals surface area contributed by atoms with E-state index < -0.39 is 5.82 Å². The van der Waals surface area contributed by atoms with Crippen LogP contribution < -0.4 is 11.3 Å². The molecular formula is C13H14FN3O. The van der Waals surface area contributed by atoms with E-state index in [4.69, 9.17) is 5.73 Å². The maximum Gasteiger partial charge on any atom is 0.266 e. The van der Waals surface area contributed by atoms with Crippen LogP contribution in [0.4, 0.5) is 10.1 Å². The van der Waals surface area contributed by atoms with Crippen LogP contribution in [0.1, 0.15) is 13.3 Å². The van der Waals surface area contributed by atoms with Crippen molar-refractivity contribution < 1.29 is 4.39 Å². The second-order valence-corrected chi connectivity index (χ2v) is 4.02. The Hall–Kier alpha value is -2.17. The molecule has 2 aromatic rings. The first-order valence-electron chi connectivity index (χ1n) is 5.75. The Morgan fingerprint density at radius 1 is 1.33 bits per heavy atom. The molecule has 0 fully saturated rings. The molecule has 0 amide bonds. The minimum atomic E-state index is -0.458. The molecule has 0 spiro atoms. The van der Waals surface area contributed by atoms with Crippen LogP contribution in [0.25, 0.3) is 11.3 Å². The molecule has 1 heterocycles. The fourth-order valence-corrected chi connectivity index (χ4v) is 1.68. The van der Waals surface area contributed by atoms with Crippen LogP contribution in [0.5, 0.6) is 0 Å². The summed E-state index contributed by atoms with van der Waals surface area (Å²) in [6.45, 7) is 2.53. The van der Waals surface area contributed by atoms with Gasteiger partial charge in [-0.15, -0.1) is 0 Å². The third kappa shape index (κ3) is 2.40. The van der Waals surface area contributed by atoms with E-state index in [0.717, 1.165) is 6.42 Å². The first-order valence-corrected chi connectivity index (χ1v) is 5.75. The van der Waals surface area contributed by atoms with Crippen LogP contribution in [0, 0.1) is 5.82 Å². The first kappa shape index (κ1) is 12.3. The Labute approximate surface area is 104 Å². The average molecular weight is 247 g/mol. The Morgan fingerprint density at radius 3 is 2.78 bits per heavy atom. The molecule has 1 aromatic carbocycles. The molecule has 0 bridgehead atoms. The van der Waals surface area contributed by atoms with Gasteiger partial charge in [0.25, 0.3) is 5.56 Å². The third-order valence-corrected chi connectivity index (χ3v) is 2.59. The minimum absolute atomic E-state index is 0.0718. The predicted molar refractivity (Wildman–Crippen MR) is 68.6 cm³/mol. The molecule has 0 saturated carbocycles. The lowest BCUT2D eigenvalue weighted by atomic mass is 10.1. The van der Waals surface area contributed by atoms with E-state index in [9.17, 15) is 9.18 Å². The van der Waals surface area contributed by atoms with Crippen LogP contribution >= 0.6 is 0 Å². The second-order valence-electron chi connectivity index (χ2n) is 4.02. The Kier molecular flexibility index (Phi) is 3.41. The lowest BCUT2D eigenvalue weighted by Gasteiger charge is -2.06. The minimum Gasteiger partial charge on any atom is -0.396 e. The number of aromatic nitrogens is 2. The van der Waals surface area contributed by atoms with Crippen molar-refractivity contribution in [2.75, 3.05) is 5.73 Å². The zero-order chi connectivity index (χ0) is 13.1. The van der Waals surface area contributed by atoms with Gasteiger partial charge in [-0.05, 0) is 30.7 Å². The highest BCUT2D eigenvalue weighted by atomic mass is 19.1. The molecule has 0 atom stereocenters. The SMILES string of the molecule is CCCn1nc(-c2ccc(F)c(N)c2)ccc1=O. The molecule has 0 aliphatic rings. The molecule has 0 radical (unpaired) electrons. The maximum atomic E-state index is 13.1. The lowest BCUT2D eigenvalue weighted by molar-refractivity contribution is 0.570. The van der Waals surface area contributed by atoms with Crippen molar-refractivity contribution in [3.63, 3.8) is 0 Å². The summed E-state index contributed by atoms with van der Waals surface area (Å²) in [5.74, 6) is -0.458. The third-order valence-electron chi connectivity index (χ3n) is 2.59. The summed E-state index contributed by atoms with van der Waals surface area (Å²) >= 11 is 0. The van der Waals surface area contributed by atoms with Gasteiger partial charge in [0.15, 0.2) is 0 Å². The van der Waals surface area contributed by atoms with Gasteiger partial charge in [0.2, 0.25) is 0 Å². The van der Waals surface area contributed by atoms with Gasteiger partial charge in [-0.25, -0.2) is 9.07 Å². The van der Waals surface area contributed by atoms with Crippen molar-refractivity contribution in [3.8, 4) is 11.3 Å². The molecule has 2 N–H and O–H groups in total. The summed E-state index contributed by atoms with van der Waals surface area (Å²) in [6, 6.07) is 7.47. The number of hydrogen-bond acceptors (Lipinski definition) is 3. The molecule has 0 aliphatic heterocycles. The Morgan fingerprint density at radius 2 is 2.11 bits per heavy atom. The van der Waals surface area contributed by atoms with E-state index >= 15 is 0 Å². The summed E-state index contributed by atoms with van der Waals surface area (Å²) in [5, 5.41) is 4.23. The number of nitrogen functional groups attached to an aromatic ring is 1. The lowest BCUT2D eigenvalue weighted by Crippen LogP contribution is -2.21. The molecule has 0 saturated heterocycles. The number of nitrogens with zero attached hydrogens (tertiary/aromatic N) is 2. The molecule has 94 valence electrons. The average Bonchev–Trinajstić information content (AvgIpc) is 2.36. The highest BCUT2D eigenvalue weighted by molar-refractivity contribution is 5.63. The molecule has 5 heteroatoms. The predicted octanol–water partition coefficient (Wildman–Crippen LogP) is 2.04. The molecule has 0 aliphatic carbocycles.